The number of ether oxygens (including phenoxy) is 2. The molecule has 1 amide bonds. The van der Waals surface area contributed by atoms with E-state index >= 15 is 0 Å². The molecule has 0 aliphatic carbocycles. The Balaban J connectivity index is 1.48. The minimum absolute atomic E-state index is 0.160. The zero-order valence-corrected chi connectivity index (χ0v) is 19.1. The molecule has 1 aliphatic rings. The van der Waals surface area contributed by atoms with Gasteiger partial charge in [-0.05, 0) is 38.0 Å². The molecule has 2 heterocycles. The summed E-state index contributed by atoms with van der Waals surface area (Å²) in [7, 11) is 0. The Bertz CT molecular complexity index is 1130. The van der Waals surface area contributed by atoms with Crippen molar-refractivity contribution in [3.63, 3.8) is 0 Å². The number of benzene rings is 2. The molecule has 1 aromatic heterocycles. The van der Waals surface area contributed by atoms with Gasteiger partial charge in [0, 0.05) is 18.6 Å². The van der Waals surface area contributed by atoms with Crippen molar-refractivity contribution in [3.05, 3.63) is 52.3 Å². The summed E-state index contributed by atoms with van der Waals surface area (Å²) >= 11 is 7.65. The maximum absolute atomic E-state index is 12.6. The summed E-state index contributed by atoms with van der Waals surface area (Å²) in [4.78, 5) is 12.6. The van der Waals surface area contributed by atoms with Crippen LogP contribution in [0.1, 0.15) is 23.4 Å². The fraction of sp³-hybridized carbons (Fsp3) is 0.318. The van der Waals surface area contributed by atoms with E-state index in [2.05, 4.69) is 33.7 Å². The minimum Gasteiger partial charge on any atom is -0.490 e. The number of hydrogen-bond acceptors (Lipinski definition) is 6. The number of nitrogens with one attached hydrogen (secondary N) is 1. The first-order valence-corrected chi connectivity index (χ1v) is 11.3. The molecule has 9 heteroatoms. The Labute approximate surface area is 190 Å². The molecule has 4 rings (SSSR count). The van der Waals surface area contributed by atoms with Gasteiger partial charge in [0.15, 0.2) is 16.7 Å². The number of amides is 1. The highest BCUT2D eigenvalue weighted by Crippen LogP contribution is 2.37. The number of halogens is 1. The Kier molecular flexibility index (Phi) is 6.38. The van der Waals surface area contributed by atoms with E-state index in [0.29, 0.717) is 40.6 Å². The van der Waals surface area contributed by atoms with Gasteiger partial charge in [0.2, 0.25) is 5.91 Å². The molecule has 31 heavy (non-hydrogen) atoms. The maximum atomic E-state index is 12.6. The van der Waals surface area contributed by atoms with Crippen LogP contribution in [0.15, 0.2) is 35.5 Å². The Morgan fingerprint density at radius 1 is 1.13 bits per heavy atom. The predicted molar refractivity (Wildman–Crippen MR) is 122 cm³/mol. The molecular weight excluding hydrogens is 436 g/mol. The highest BCUT2D eigenvalue weighted by Gasteiger charge is 2.18. The number of carbonyl (C=O) groups excluding carboxylic acids is 1. The summed E-state index contributed by atoms with van der Waals surface area (Å²) in [6.07, 6.45) is 0.797. The third-order valence-corrected chi connectivity index (χ3v) is 6.09. The second-order valence-corrected chi connectivity index (χ2v) is 8.67. The first-order valence-electron chi connectivity index (χ1n) is 9.94. The highest BCUT2D eigenvalue weighted by molar-refractivity contribution is 7.99. The van der Waals surface area contributed by atoms with E-state index in [-0.39, 0.29) is 11.7 Å². The first-order chi connectivity index (χ1) is 14.9. The Hall–Kier alpha value is -2.71. The van der Waals surface area contributed by atoms with E-state index in [1.54, 1.807) is 12.1 Å². The molecule has 2 aromatic carbocycles. The molecule has 0 spiro atoms. The van der Waals surface area contributed by atoms with E-state index in [9.17, 15) is 4.79 Å². The molecule has 0 unspecified atom stereocenters. The van der Waals surface area contributed by atoms with Gasteiger partial charge in [-0.3, -0.25) is 9.36 Å². The minimum atomic E-state index is -0.199. The van der Waals surface area contributed by atoms with Gasteiger partial charge >= 0.3 is 0 Å². The number of hydrogen-bond donors (Lipinski definition) is 1. The SMILES string of the molecule is Cc1ccc(C)c(-n2c(C)nnc2SCC(=O)Nc2cc3c(cc2Cl)OCCCO3)c1. The second kappa shape index (κ2) is 9.20. The molecule has 7 nitrogen and oxygen atoms in total. The van der Waals surface area contributed by atoms with E-state index in [4.69, 9.17) is 21.1 Å². The molecule has 162 valence electrons. The number of fused-ring (bicyclic) bond motifs is 1. The van der Waals surface area contributed by atoms with Gasteiger partial charge in [-0.15, -0.1) is 10.2 Å². The van der Waals surface area contributed by atoms with Crippen LogP contribution in [0, 0.1) is 20.8 Å². The summed E-state index contributed by atoms with van der Waals surface area (Å²) < 4.78 is 13.3. The van der Waals surface area contributed by atoms with Crippen LogP contribution in [-0.4, -0.2) is 39.6 Å². The third-order valence-electron chi connectivity index (χ3n) is 4.84. The van der Waals surface area contributed by atoms with E-state index in [1.807, 2.05) is 25.3 Å². The molecule has 0 atom stereocenters. The molecule has 0 saturated heterocycles. The van der Waals surface area contributed by atoms with Crippen molar-refractivity contribution >= 4 is 35.0 Å². The summed E-state index contributed by atoms with van der Waals surface area (Å²) in [5.74, 6) is 1.90. The van der Waals surface area contributed by atoms with Crippen LogP contribution in [0.4, 0.5) is 5.69 Å². The number of carbonyl (C=O) groups is 1. The number of aromatic nitrogens is 3. The summed E-state index contributed by atoms with van der Waals surface area (Å²) in [6, 6.07) is 9.60. The normalized spacial score (nSPS) is 13.0. The van der Waals surface area contributed by atoms with Crippen LogP contribution >= 0.6 is 23.4 Å². The van der Waals surface area contributed by atoms with Crippen LogP contribution < -0.4 is 14.8 Å². The number of rotatable bonds is 5. The summed E-state index contributed by atoms with van der Waals surface area (Å²) in [5.41, 5.74) is 3.75. The molecular formula is C22H23ClN4O3S. The van der Waals surface area contributed by atoms with Crippen molar-refractivity contribution in [2.45, 2.75) is 32.3 Å². The average Bonchev–Trinajstić information content (AvgIpc) is 2.95. The molecule has 1 aliphatic heterocycles. The van der Waals surface area contributed by atoms with Gasteiger partial charge in [0.1, 0.15) is 5.82 Å². The Morgan fingerprint density at radius 3 is 2.65 bits per heavy atom. The number of thioether (sulfide) groups is 1. The van der Waals surface area contributed by atoms with E-state index in [1.165, 1.54) is 11.8 Å². The highest BCUT2D eigenvalue weighted by atomic mass is 35.5. The van der Waals surface area contributed by atoms with Gasteiger partial charge in [-0.25, -0.2) is 0 Å². The van der Waals surface area contributed by atoms with Crippen molar-refractivity contribution in [2.24, 2.45) is 0 Å². The number of anilines is 1. The van der Waals surface area contributed by atoms with Gasteiger partial charge < -0.3 is 14.8 Å². The van der Waals surface area contributed by atoms with Crippen molar-refractivity contribution in [3.8, 4) is 17.2 Å². The van der Waals surface area contributed by atoms with Crippen molar-refractivity contribution in [1.29, 1.82) is 0 Å². The van der Waals surface area contributed by atoms with Crippen molar-refractivity contribution < 1.29 is 14.3 Å². The lowest BCUT2D eigenvalue weighted by Gasteiger charge is -2.13. The monoisotopic (exact) mass is 458 g/mol. The summed E-state index contributed by atoms with van der Waals surface area (Å²) in [6.45, 7) is 7.12. The number of nitrogens with zero attached hydrogens (tertiary/aromatic N) is 3. The van der Waals surface area contributed by atoms with Gasteiger partial charge in [-0.2, -0.15) is 0 Å². The van der Waals surface area contributed by atoms with Crippen LogP contribution in [-0.2, 0) is 4.79 Å². The van der Waals surface area contributed by atoms with Crippen LogP contribution in [0.3, 0.4) is 0 Å². The first kappa shape index (κ1) is 21.5. The lowest BCUT2D eigenvalue weighted by atomic mass is 10.1. The van der Waals surface area contributed by atoms with Crippen LogP contribution in [0.5, 0.6) is 11.5 Å². The van der Waals surface area contributed by atoms with Gasteiger partial charge in [-0.1, -0.05) is 35.5 Å². The Morgan fingerprint density at radius 2 is 1.87 bits per heavy atom. The van der Waals surface area contributed by atoms with Gasteiger partial charge in [0.25, 0.3) is 0 Å². The molecule has 0 radical (unpaired) electrons. The summed E-state index contributed by atoms with van der Waals surface area (Å²) in [5, 5.41) is 12.4. The maximum Gasteiger partial charge on any atom is 0.234 e. The molecule has 0 saturated carbocycles. The van der Waals surface area contributed by atoms with Gasteiger partial charge in [0.05, 0.1) is 35.4 Å². The van der Waals surface area contributed by atoms with Crippen LogP contribution in [0.2, 0.25) is 5.02 Å². The predicted octanol–water partition coefficient (Wildman–Crippen LogP) is 4.74. The lowest BCUT2D eigenvalue weighted by molar-refractivity contribution is -0.113. The quantitative estimate of drug-likeness (QED) is 0.556. The van der Waals surface area contributed by atoms with Crippen LogP contribution in [0.25, 0.3) is 5.69 Å². The fourth-order valence-electron chi connectivity index (χ4n) is 3.27. The lowest BCUT2D eigenvalue weighted by Crippen LogP contribution is -2.15. The fourth-order valence-corrected chi connectivity index (χ4v) is 4.26. The average molecular weight is 459 g/mol. The zero-order chi connectivity index (χ0) is 22.0. The molecule has 0 bridgehead atoms. The molecule has 0 fully saturated rings. The van der Waals surface area contributed by atoms with Crippen molar-refractivity contribution in [2.75, 3.05) is 24.3 Å². The molecule has 3 aromatic rings. The largest absolute Gasteiger partial charge is 0.490 e. The molecule has 1 N–H and O–H groups in total. The standard InChI is InChI=1S/C22H23ClN4O3S/c1-13-5-6-14(2)18(9-13)27-15(3)25-26-22(27)31-12-21(28)24-17-11-20-19(10-16(17)23)29-7-4-8-30-20/h5-6,9-11H,4,7-8,12H2,1-3H3,(H,24,28). The van der Waals surface area contributed by atoms with E-state index in [0.717, 1.165) is 29.1 Å². The number of aryl methyl sites for hydroxylation is 3. The topological polar surface area (TPSA) is 78.3 Å². The second-order valence-electron chi connectivity index (χ2n) is 7.32. The smallest absolute Gasteiger partial charge is 0.234 e. The third kappa shape index (κ3) is 4.80. The van der Waals surface area contributed by atoms with Crippen molar-refractivity contribution in [1.82, 2.24) is 14.8 Å². The zero-order valence-electron chi connectivity index (χ0n) is 17.6. The van der Waals surface area contributed by atoms with E-state index < -0.39 is 0 Å².